The van der Waals surface area contributed by atoms with Gasteiger partial charge in [-0.2, -0.15) is 0 Å². The number of hydrogen-bond acceptors (Lipinski definition) is 8. The quantitative estimate of drug-likeness (QED) is 0.596. The minimum Gasteiger partial charge on any atom is -0.501 e. The van der Waals surface area contributed by atoms with Gasteiger partial charge in [-0.25, -0.2) is 19.3 Å². The maximum Gasteiger partial charge on any atom is 0.297 e. The first-order valence-electron chi connectivity index (χ1n) is 10.0. The molecule has 0 radical (unpaired) electrons. The van der Waals surface area contributed by atoms with Crippen LogP contribution in [0.4, 0.5) is 16.3 Å². The number of halogens is 1. The Morgan fingerprint density at radius 1 is 1.09 bits per heavy atom. The molecule has 1 saturated heterocycles. The van der Waals surface area contributed by atoms with E-state index in [2.05, 4.69) is 20.3 Å². The summed E-state index contributed by atoms with van der Waals surface area (Å²) in [5, 5.41) is 12.9. The molecule has 0 spiro atoms. The SMILES string of the molecule is Cn1c(N2CCN(c3ncccn3)CC2)nc(C(=O)NCc2ccc(F)cc2)c(O)c1=O. The summed E-state index contributed by atoms with van der Waals surface area (Å²) in [7, 11) is 1.50. The van der Waals surface area contributed by atoms with Gasteiger partial charge >= 0.3 is 0 Å². The van der Waals surface area contributed by atoms with E-state index in [4.69, 9.17) is 0 Å². The summed E-state index contributed by atoms with van der Waals surface area (Å²) in [4.78, 5) is 41.9. The van der Waals surface area contributed by atoms with Crippen LogP contribution < -0.4 is 20.7 Å². The zero-order chi connectivity index (χ0) is 22.7. The van der Waals surface area contributed by atoms with E-state index in [0.717, 1.165) is 0 Å². The fraction of sp³-hybridized carbons (Fsp3) is 0.286. The molecule has 166 valence electrons. The van der Waals surface area contributed by atoms with E-state index in [1.807, 2.05) is 9.80 Å². The largest absolute Gasteiger partial charge is 0.501 e. The van der Waals surface area contributed by atoms with E-state index >= 15 is 0 Å². The number of aromatic nitrogens is 4. The van der Waals surface area contributed by atoms with Gasteiger partial charge in [-0.05, 0) is 23.8 Å². The second kappa shape index (κ2) is 9.00. The molecule has 1 aromatic carbocycles. The number of aromatic hydroxyl groups is 1. The summed E-state index contributed by atoms with van der Waals surface area (Å²) >= 11 is 0. The number of piperazine rings is 1. The molecule has 0 unspecified atom stereocenters. The Hall–Kier alpha value is -4.02. The highest BCUT2D eigenvalue weighted by Gasteiger charge is 2.26. The summed E-state index contributed by atoms with van der Waals surface area (Å²) in [5.74, 6) is -0.880. The molecule has 11 heteroatoms. The number of carbonyl (C=O) groups is 1. The molecule has 0 atom stereocenters. The van der Waals surface area contributed by atoms with Crippen molar-refractivity contribution in [3.05, 3.63) is 70.2 Å². The molecular formula is C21H22FN7O3. The molecule has 2 N–H and O–H groups in total. The van der Waals surface area contributed by atoms with Gasteiger partial charge in [-0.15, -0.1) is 0 Å². The molecule has 1 amide bonds. The van der Waals surface area contributed by atoms with Gasteiger partial charge in [0.1, 0.15) is 5.82 Å². The van der Waals surface area contributed by atoms with Crippen LogP contribution in [0.2, 0.25) is 0 Å². The number of benzene rings is 1. The minimum atomic E-state index is -0.718. The topological polar surface area (TPSA) is 116 Å². The predicted octanol–water partition coefficient (Wildman–Crippen LogP) is 0.672. The number of nitrogens with one attached hydrogen (secondary N) is 1. The number of rotatable bonds is 5. The molecule has 32 heavy (non-hydrogen) atoms. The van der Waals surface area contributed by atoms with E-state index in [1.54, 1.807) is 18.5 Å². The molecule has 10 nitrogen and oxygen atoms in total. The summed E-state index contributed by atoms with van der Waals surface area (Å²) in [6.45, 7) is 2.36. The zero-order valence-electron chi connectivity index (χ0n) is 17.4. The molecular weight excluding hydrogens is 417 g/mol. The third-order valence-corrected chi connectivity index (χ3v) is 5.22. The second-order valence-corrected chi connectivity index (χ2v) is 7.31. The first-order chi connectivity index (χ1) is 15.4. The van der Waals surface area contributed by atoms with Crippen LogP contribution in [0.3, 0.4) is 0 Å². The minimum absolute atomic E-state index is 0.0977. The second-order valence-electron chi connectivity index (χ2n) is 7.31. The number of nitrogens with zero attached hydrogens (tertiary/aromatic N) is 6. The number of hydrogen-bond donors (Lipinski definition) is 2. The third-order valence-electron chi connectivity index (χ3n) is 5.22. The van der Waals surface area contributed by atoms with Gasteiger partial charge in [0.05, 0.1) is 0 Å². The van der Waals surface area contributed by atoms with Crippen LogP contribution in [-0.4, -0.2) is 56.7 Å². The highest BCUT2D eigenvalue weighted by Crippen LogP contribution is 2.18. The van der Waals surface area contributed by atoms with Crippen molar-refractivity contribution in [2.45, 2.75) is 6.54 Å². The van der Waals surface area contributed by atoms with E-state index < -0.39 is 17.2 Å². The van der Waals surface area contributed by atoms with Gasteiger partial charge in [0.2, 0.25) is 17.6 Å². The van der Waals surface area contributed by atoms with Crippen LogP contribution in [0.1, 0.15) is 16.1 Å². The Bertz CT molecular complexity index is 1160. The summed E-state index contributed by atoms with van der Waals surface area (Å²) in [5.41, 5.74) is -0.391. The van der Waals surface area contributed by atoms with E-state index in [0.29, 0.717) is 37.7 Å². The first-order valence-corrected chi connectivity index (χ1v) is 10.0. The Balaban J connectivity index is 1.50. The predicted molar refractivity (Wildman–Crippen MR) is 115 cm³/mol. The molecule has 1 aliphatic rings. The van der Waals surface area contributed by atoms with E-state index in [9.17, 15) is 19.1 Å². The number of anilines is 2. The van der Waals surface area contributed by atoms with E-state index in [-0.39, 0.29) is 24.0 Å². The highest BCUT2D eigenvalue weighted by molar-refractivity contribution is 5.95. The van der Waals surface area contributed by atoms with Crippen LogP contribution in [0, 0.1) is 5.82 Å². The third kappa shape index (κ3) is 4.36. The molecule has 1 fully saturated rings. The lowest BCUT2D eigenvalue weighted by molar-refractivity contribution is 0.0942. The van der Waals surface area contributed by atoms with Gasteiger partial charge in [0, 0.05) is 52.2 Å². The highest BCUT2D eigenvalue weighted by atomic mass is 19.1. The molecule has 3 aromatic rings. The van der Waals surface area contributed by atoms with Crippen molar-refractivity contribution in [2.24, 2.45) is 7.05 Å². The molecule has 4 rings (SSSR count). The van der Waals surface area contributed by atoms with Crippen molar-refractivity contribution < 1.29 is 14.3 Å². The smallest absolute Gasteiger partial charge is 0.297 e. The van der Waals surface area contributed by atoms with Gasteiger partial charge < -0.3 is 20.2 Å². The molecule has 0 saturated carbocycles. The maximum atomic E-state index is 13.0. The number of carbonyl (C=O) groups excluding carboxylic acids is 1. The van der Waals surface area contributed by atoms with Crippen LogP contribution in [0.5, 0.6) is 5.75 Å². The van der Waals surface area contributed by atoms with Crippen molar-refractivity contribution in [3.63, 3.8) is 0 Å². The Labute approximate surface area is 183 Å². The first kappa shape index (κ1) is 21.2. The molecule has 3 heterocycles. The average Bonchev–Trinajstić information content (AvgIpc) is 2.83. The van der Waals surface area contributed by atoms with E-state index in [1.165, 1.54) is 35.9 Å². The van der Waals surface area contributed by atoms with Gasteiger partial charge in [0.15, 0.2) is 5.69 Å². The Morgan fingerprint density at radius 2 is 1.72 bits per heavy atom. The van der Waals surface area contributed by atoms with Gasteiger partial charge in [0.25, 0.3) is 11.5 Å². The van der Waals surface area contributed by atoms with Crippen molar-refractivity contribution in [1.82, 2.24) is 24.8 Å². The van der Waals surface area contributed by atoms with Crippen molar-refractivity contribution in [3.8, 4) is 5.75 Å². The van der Waals surface area contributed by atoms with Crippen molar-refractivity contribution in [2.75, 3.05) is 36.0 Å². The molecule has 0 bridgehead atoms. The standard InChI is InChI=1S/C21H22FN7O3/c1-27-19(32)17(30)16(18(31)25-13-14-3-5-15(22)6-4-14)26-21(27)29-11-9-28(10-12-29)20-23-7-2-8-24-20/h2-8,30H,9-13H2,1H3,(H,25,31). The lowest BCUT2D eigenvalue weighted by atomic mass is 10.2. The molecule has 2 aromatic heterocycles. The summed E-state index contributed by atoms with van der Waals surface area (Å²) in [6.07, 6.45) is 3.35. The Kier molecular flexibility index (Phi) is 5.97. The fourth-order valence-corrected chi connectivity index (χ4v) is 3.45. The van der Waals surface area contributed by atoms with Crippen LogP contribution in [-0.2, 0) is 13.6 Å². The summed E-state index contributed by atoms with van der Waals surface area (Å²) in [6, 6.07) is 7.39. The molecule has 1 aliphatic heterocycles. The van der Waals surface area contributed by atoms with Crippen LogP contribution in [0.25, 0.3) is 0 Å². The van der Waals surface area contributed by atoms with Crippen LogP contribution >= 0.6 is 0 Å². The van der Waals surface area contributed by atoms with Crippen molar-refractivity contribution >= 4 is 17.8 Å². The maximum absolute atomic E-state index is 13.0. The van der Waals surface area contributed by atoms with Crippen LogP contribution in [0.15, 0.2) is 47.5 Å². The van der Waals surface area contributed by atoms with Gasteiger partial charge in [-0.1, -0.05) is 12.1 Å². The Morgan fingerprint density at radius 3 is 2.38 bits per heavy atom. The van der Waals surface area contributed by atoms with Crippen molar-refractivity contribution in [1.29, 1.82) is 0 Å². The lowest BCUT2D eigenvalue weighted by Gasteiger charge is -2.35. The average molecular weight is 439 g/mol. The van der Waals surface area contributed by atoms with Gasteiger partial charge in [-0.3, -0.25) is 14.2 Å². The number of amides is 1. The molecule has 0 aliphatic carbocycles. The monoisotopic (exact) mass is 439 g/mol. The lowest BCUT2D eigenvalue weighted by Crippen LogP contribution is -2.49. The fourth-order valence-electron chi connectivity index (χ4n) is 3.45. The normalized spacial score (nSPS) is 13.8. The summed E-state index contributed by atoms with van der Waals surface area (Å²) < 4.78 is 14.3. The zero-order valence-corrected chi connectivity index (χ0v) is 17.4.